The van der Waals surface area contributed by atoms with Crippen LogP contribution >= 0.6 is 0 Å². The van der Waals surface area contributed by atoms with Gasteiger partial charge in [0.25, 0.3) is 0 Å². The van der Waals surface area contributed by atoms with Gasteiger partial charge in [0.15, 0.2) is 0 Å². The number of aromatic nitrogens is 1. The number of carbonyl (C=O) groups is 3. The lowest BCUT2D eigenvalue weighted by Crippen LogP contribution is -2.63. The molecule has 40 heavy (non-hydrogen) atoms. The molecule has 8 nitrogen and oxygen atoms in total. The first-order chi connectivity index (χ1) is 18.8. The summed E-state index contributed by atoms with van der Waals surface area (Å²) >= 11 is 0. The Morgan fingerprint density at radius 2 is 1.82 bits per heavy atom. The number of urea groups is 1. The lowest BCUT2D eigenvalue weighted by atomic mass is 9.79. The summed E-state index contributed by atoms with van der Waals surface area (Å²) in [6.07, 6.45) is -4.14. The van der Waals surface area contributed by atoms with Gasteiger partial charge in [0.1, 0.15) is 11.6 Å². The minimum absolute atomic E-state index is 0.0257. The van der Waals surface area contributed by atoms with Crippen molar-refractivity contribution in [3.05, 3.63) is 70.4 Å². The van der Waals surface area contributed by atoms with Crippen molar-refractivity contribution in [1.82, 2.24) is 20.9 Å². The Bertz CT molecular complexity index is 1420. The van der Waals surface area contributed by atoms with E-state index in [1.165, 1.54) is 12.1 Å². The van der Waals surface area contributed by atoms with Crippen LogP contribution in [-0.2, 0) is 35.2 Å². The number of aryl methyl sites for hydroxylation is 2. The van der Waals surface area contributed by atoms with Crippen molar-refractivity contribution >= 4 is 28.8 Å². The number of carboxylic acid groups (broad SMARTS) is 1. The van der Waals surface area contributed by atoms with Gasteiger partial charge in [0.05, 0.1) is 11.1 Å². The second-order valence-corrected chi connectivity index (χ2v) is 10.5. The minimum Gasteiger partial charge on any atom is -0.479 e. The zero-order valence-corrected chi connectivity index (χ0v) is 22.5. The van der Waals surface area contributed by atoms with Crippen LogP contribution in [0.15, 0.2) is 42.5 Å². The number of aliphatic carboxylic acids is 1. The molecule has 4 rings (SSSR count). The molecule has 1 heterocycles. The number of amides is 3. The first-order valence-corrected chi connectivity index (χ1v) is 13.2. The fourth-order valence-electron chi connectivity index (χ4n) is 5.15. The Labute approximate surface area is 229 Å². The number of halogens is 3. The molecule has 0 saturated heterocycles. The van der Waals surface area contributed by atoms with E-state index in [9.17, 15) is 32.7 Å². The van der Waals surface area contributed by atoms with Gasteiger partial charge in [-0.2, -0.15) is 13.2 Å². The number of fused-ring (bicyclic) bond motifs is 3. The average Bonchev–Trinajstić information content (AvgIpc) is 3.28. The highest BCUT2D eigenvalue weighted by Gasteiger charge is 2.46. The van der Waals surface area contributed by atoms with Gasteiger partial charge < -0.3 is 26.0 Å². The molecule has 214 valence electrons. The molecule has 1 aliphatic carbocycles. The van der Waals surface area contributed by atoms with E-state index in [0.29, 0.717) is 17.7 Å². The van der Waals surface area contributed by atoms with Crippen molar-refractivity contribution < 1.29 is 32.7 Å². The van der Waals surface area contributed by atoms with Gasteiger partial charge in [0.2, 0.25) is 5.91 Å². The number of carboxylic acids is 1. The molecule has 0 radical (unpaired) electrons. The Morgan fingerprint density at radius 1 is 1.12 bits per heavy atom. The molecule has 2 aromatic carbocycles. The highest BCUT2D eigenvalue weighted by Crippen LogP contribution is 2.40. The summed E-state index contributed by atoms with van der Waals surface area (Å²) in [6.45, 7) is 5.81. The largest absolute Gasteiger partial charge is 0.479 e. The van der Waals surface area contributed by atoms with E-state index in [1.807, 2.05) is 38.1 Å². The number of benzene rings is 2. The van der Waals surface area contributed by atoms with E-state index in [1.54, 1.807) is 6.92 Å². The molecule has 3 amide bonds. The van der Waals surface area contributed by atoms with Crippen LogP contribution < -0.4 is 16.0 Å². The van der Waals surface area contributed by atoms with Crippen LogP contribution in [0, 0.1) is 12.8 Å². The molecule has 1 aromatic heterocycles. The van der Waals surface area contributed by atoms with E-state index in [0.717, 1.165) is 17.2 Å². The summed E-state index contributed by atoms with van der Waals surface area (Å²) in [6, 6.07) is 9.77. The maximum Gasteiger partial charge on any atom is 0.418 e. The Balaban J connectivity index is 1.54. The quantitative estimate of drug-likeness (QED) is 0.272. The zero-order chi connectivity index (χ0) is 29.2. The number of hydrogen-bond donors (Lipinski definition) is 5. The van der Waals surface area contributed by atoms with Crippen LogP contribution in [0.5, 0.6) is 0 Å². The lowest BCUT2D eigenvalue weighted by Gasteiger charge is -2.36. The number of rotatable bonds is 8. The molecule has 0 aliphatic heterocycles. The van der Waals surface area contributed by atoms with Crippen LogP contribution in [0.3, 0.4) is 0 Å². The van der Waals surface area contributed by atoms with Crippen LogP contribution in [-0.4, -0.2) is 39.6 Å². The van der Waals surface area contributed by atoms with Crippen LogP contribution in [0.2, 0.25) is 0 Å². The van der Waals surface area contributed by atoms with Crippen molar-refractivity contribution in [3.8, 4) is 0 Å². The maximum atomic E-state index is 13.6. The topological polar surface area (TPSA) is 123 Å². The number of nitrogens with one attached hydrogen (secondary N) is 4. The van der Waals surface area contributed by atoms with Crippen molar-refractivity contribution in [2.24, 2.45) is 5.92 Å². The molecule has 0 spiro atoms. The fourth-order valence-corrected chi connectivity index (χ4v) is 5.15. The molecule has 3 atom stereocenters. The van der Waals surface area contributed by atoms with Crippen molar-refractivity contribution in [1.29, 1.82) is 0 Å². The molecule has 5 N–H and O–H groups in total. The summed E-state index contributed by atoms with van der Waals surface area (Å²) < 4.78 is 40.8. The molecule has 0 bridgehead atoms. The van der Waals surface area contributed by atoms with Crippen molar-refractivity contribution in [2.75, 3.05) is 0 Å². The van der Waals surface area contributed by atoms with E-state index in [-0.39, 0.29) is 42.6 Å². The first-order valence-electron chi connectivity index (χ1n) is 13.2. The highest BCUT2D eigenvalue weighted by atomic mass is 19.4. The van der Waals surface area contributed by atoms with Gasteiger partial charge in [-0.1, -0.05) is 62.2 Å². The standard InChI is InChI=1S/C29H33F3N4O4/c1-4-17(3)23(35-27(40)33-15-18-10-8-16(2)9-11-18)25(37)36-28(26(38)39)13-12-22-20(14-28)19-6-5-7-21(24(19)34-22)29(30,31)32/h5-11,17,23,34H,4,12-15H2,1-3H3,(H,36,37)(H,38,39)(H2,33,35,40)/t17?,23-,28+/m0/s1. The van der Waals surface area contributed by atoms with Gasteiger partial charge in [0, 0.05) is 24.0 Å². The third kappa shape index (κ3) is 5.93. The average molecular weight is 559 g/mol. The van der Waals surface area contributed by atoms with E-state index >= 15 is 0 Å². The number of carbonyl (C=O) groups excluding carboxylic acids is 2. The normalized spacial score (nSPS) is 18.4. The second kappa shape index (κ2) is 11.2. The summed E-state index contributed by atoms with van der Waals surface area (Å²) in [5.41, 5.74) is 0.222. The predicted molar refractivity (Wildman–Crippen MR) is 144 cm³/mol. The van der Waals surface area contributed by atoms with Gasteiger partial charge in [-0.15, -0.1) is 0 Å². The summed E-state index contributed by atoms with van der Waals surface area (Å²) in [7, 11) is 0. The smallest absolute Gasteiger partial charge is 0.418 e. The predicted octanol–water partition coefficient (Wildman–Crippen LogP) is 4.84. The first kappa shape index (κ1) is 29.0. The molecule has 3 aromatic rings. The molecule has 1 unspecified atom stereocenters. The van der Waals surface area contributed by atoms with Gasteiger partial charge in [-0.05, 0) is 42.9 Å². The third-order valence-electron chi connectivity index (χ3n) is 7.74. The summed E-state index contributed by atoms with van der Waals surface area (Å²) in [5, 5.41) is 18.6. The monoisotopic (exact) mass is 558 g/mol. The summed E-state index contributed by atoms with van der Waals surface area (Å²) in [4.78, 5) is 41.6. The van der Waals surface area contributed by atoms with Crippen LogP contribution in [0.1, 0.15) is 54.6 Å². The summed E-state index contributed by atoms with van der Waals surface area (Å²) in [5.74, 6) is -2.28. The fraction of sp³-hybridized carbons (Fsp3) is 0.414. The Morgan fingerprint density at radius 3 is 2.45 bits per heavy atom. The van der Waals surface area contributed by atoms with Crippen molar-refractivity contribution in [2.45, 2.75) is 70.8 Å². The van der Waals surface area contributed by atoms with Crippen molar-refractivity contribution in [3.63, 3.8) is 0 Å². The maximum absolute atomic E-state index is 13.6. The van der Waals surface area contributed by atoms with Gasteiger partial charge in [-0.25, -0.2) is 9.59 Å². The molecule has 0 fully saturated rings. The Hall–Kier alpha value is -4.02. The van der Waals surface area contributed by atoms with E-state index in [2.05, 4.69) is 20.9 Å². The zero-order valence-electron chi connectivity index (χ0n) is 22.5. The lowest BCUT2D eigenvalue weighted by molar-refractivity contribution is -0.148. The number of H-pyrrole nitrogens is 1. The number of para-hydroxylation sites is 1. The highest BCUT2D eigenvalue weighted by molar-refractivity contribution is 5.94. The van der Waals surface area contributed by atoms with Gasteiger partial charge in [-0.3, -0.25) is 4.79 Å². The minimum atomic E-state index is -4.58. The second-order valence-electron chi connectivity index (χ2n) is 10.5. The van der Waals surface area contributed by atoms with E-state index < -0.39 is 41.2 Å². The SMILES string of the molecule is CCC(C)[C@H](NC(=O)NCc1ccc(C)cc1)C(=O)N[C@]1(C(=O)O)CCc2[nH]c3c(C(F)(F)F)cccc3c2C1. The third-order valence-corrected chi connectivity index (χ3v) is 7.74. The molecular formula is C29H33F3N4O4. The number of aromatic amines is 1. The molecule has 0 saturated carbocycles. The van der Waals surface area contributed by atoms with E-state index in [4.69, 9.17) is 0 Å². The molecule has 11 heteroatoms. The number of hydrogen-bond acceptors (Lipinski definition) is 3. The van der Waals surface area contributed by atoms with Crippen LogP contribution in [0.4, 0.5) is 18.0 Å². The number of alkyl halides is 3. The molecule has 1 aliphatic rings. The van der Waals surface area contributed by atoms with Crippen LogP contribution in [0.25, 0.3) is 10.9 Å². The molecular weight excluding hydrogens is 525 g/mol. The van der Waals surface area contributed by atoms with Gasteiger partial charge >= 0.3 is 18.2 Å². The Kier molecular flexibility index (Phi) is 8.13.